The number of ether oxygens (including phenoxy) is 1. The lowest BCUT2D eigenvalue weighted by Crippen LogP contribution is -2.30. The summed E-state index contributed by atoms with van der Waals surface area (Å²) < 4.78 is 10.9. The van der Waals surface area contributed by atoms with Gasteiger partial charge < -0.3 is 9.26 Å². The van der Waals surface area contributed by atoms with Gasteiger partial charge in [0, 0.05) is 38.2 Å². The van der Waals surface area contributed by atoms with Crippen LogP contribution in [0.3, 0.4) is 0 Å². The second kappa shape index (κ2) is 7.18. The SMILES string of the molecule is Cc1noc(C)c1CN1CCCN(Cc2ccc3c(c2)CCO3)CC1. The van der Waals surface area contributed by atoms with Crippen molar-refractivity contribution in [3.8, 4) is 5.75 Å². The third kappa shape index (κ3) is 3.72. The average Bonchev–Trinajstić information content (AvgIpc) is 3.12. The van der Waals surface area contributed by atoms with Gasteiger partial charge in [0.05, 0.1) is 12.3 Å². The van der Waals surface area contributed by atoms with Gasteiger partial charge >= 0.3 is 0 Å². The Labute approximate surface area is 149 Å². The molecule has 0 amide bonds. The lowest BCUT2D eigenvalue weighted by atomic mass is 10.1. The number of fused-ring (bicyclic) bond motifs is 1. The first kappa shape index (κ1) is 16.6. The molecule has 5 heteroatoms. The predicted molar refractivity (Wildman–Crippen MR) is 96.8 cm³/mol. The zero-order valence-electron chi connectivity index (χ0n) is 15.3. The molecule has 1 fully saturated rings. The maximum Gasteiger partial charge on any atom is 0.138 e. The molecule has 2 aliphatic rings. The third-order valence-corrected chi connectivity index (χ3v) is 5.40. The fraction of sp³-hybridized carbons (Fsp3) is 0.550. The van der Waals surface area contributed by atoms with Crippen LogP contribution in [0.2, 0.25) is 0 Å². The van der Waals surface area contributed by atoms with E-state index in [9.17, 15) is 0 Å². The Bertz CT molecular complexity index is 721. The van der Waals surface area contributed by atoms with Crippen molar-refractivity contribution in [3.63, 3.8) is 0 Å². The van der Waals surface area contributed by atoms with Crippen LogP contribution in [0.25, 0.3) is 0 Å². The first-order valence-electron chi connectivity index (χ1n) is 9.30. The van der Waals surface area contributed by atoms with Crippen molar-refractivity contribution >= 4 is 0 Å². The highest BCUT2D eigenvalue weighted by Gasteiger charge is 2.19. The Balaban J connectivity index is 1.35. The van der Waals surface area contributed by atoms with E-state index in [1.807, 2.05) is 13.8 Å². The van der Waals surface area contributed by atoms with Gasteiger partial charge in [-0.3, -0.25) is 9.80 Å². The minimum absolute atomic E-state index is 0.833. The zero-order chi connectivity index (χ0) is 17.2. The van der Waals surface area contributed by atoms with Gasteiger partial charge in [-0.1, -0.05) is 17.3 Å². The molecule has 0 spiro atoms. The third-order valence-electron chi connectivity index (χ3n) is 5.40. The van der Waals surface area contributed by atoms with Crippen LogP contribution in [-0.2, 0) is 19.5 Å². The number of hydrogen-bond donors (Lipinski definition) is 0. The fourth-order valence-corrected chi connectivity index (χ4v) is 3.89. The maximum atomic E-state index is 5.61. The van der Waals surface area contributed by atoms with E-state index in [1.165, 1.54) is 23.1 Å². The molecule has 0 radical (unpaired) electrons. The van der Waals surface area contributed by atoms with Crippen LogP contribution < -0.4 is 4.74 Å². The van der Waals surface area contributed by atoms with Crippen molar-refractivity contribution in [2.45, 2.75) is 39.8 Å². The van der Waals surface area contributed by atoms with E-state index in [2.05, 4.69) is 33.2 Å². The van der Waals surface area contributed by atoms with Gasteiger partial charge in [-0.05, 0) is 50.6 Å². The molecule has 0 saturated carbocycles. The summed E-state index contributed by atoms with van der Waals surface area (Å²) in [7, 11) is 0. The van der Waals surface area contributed by atoms with Crippen LogP contribution in [-0.4, -0.2) is 47.7 Å². The summed E-state index contributed by atoms with van der Waals surface area (Å²) in [6.45, 7) is 11.4. The molecule has 5 nitrogen and oxygen atoms in total. The minimum atomic E-state index is 0.833. The summed E-state index contributed by atoms with van der Waals surface area (Å²) in [4.78, 5) is 5.11. The largest absolute Gasteiger partial charge is 0.493 e. The number of rotatable bonds is 4. The van der Waals surface area contributed by atoms with Gasteiger partial charge in [0.2, 0.25) is 0 Å². The molecule has 3 heterocycles. The normalized spacial score (nSPS) is 18.8. The van der Waals surface area contributed by atoms with Crippen molar-refractivity contribution in [2.24, 2.45) is 0 Å². The highest BCUT2D eigenvalue weighted by molar-refractivity contribution is 5.39. The predicted octanol–water partition coefficient (Wildman–Crippen LogP) is 2.93. The summed E-state index contributed by atoms with van der Waals surface area (Å²) in [5.41, 5.74) is 5.06. The Morgan fingerprint density at radius 3 is 2.60 bits per heavy atom. The Morgan fingerprint density at radius 1 is 1.04 bits per heavy atom. The van der Waals surface area contributed by atoms with Gasteiger partial charge in [0.15, 0.2) is 0 Å². The molecular formula is C20H27N3O2. The minimum Gasteiger partial charge on any atom is -0.493 e. The molecule has 2 aliphatic heterocycles. The molecule has 134 valence electrons. The van der Waals surface area contributed by atoms with Crippen molar-refractivity contribution < 1.29 is 9.26 Å². The second-order valence-electron chi connectivity index (χ2n) is 7.25. The maximum absolute atomic E-state index is 5.61. The lowest BCUT2D eigenvalue weighted by Gasteiger charge is -2.22. The average molecular weight is 341 g/mol. The smallest absolute Gasteiger partial charge is 0.138 e. The van der Waals surface area contributed by atoms with E-state index in [4.69, 9.17) is 9.26 Å². The summed E-state index contributed by atoms with van der Waals surface area (Å²) in [5.74, 6) is 2.03. The zero-order valence-corrected chi connectivity index (χ0v) is 15.3. The van der Waals surface area contributed by atoms with E-state index < -0.39 is 0 Å². The van der Waals surface area contributed by atoms with E-state index >= 15 is 0 Å². The van der Waals surface area contributed by atoms with Crippen molar-refractivity contribution in [2.75, 3.05) is 32.8 Å². The fourth-order valence-electron chi connectivity index (χ4n) is 3.89. The van der Waals surface area contributed by atoms with Gasteiger partial charge in [-0.2, -0.15) is 0 Å². The van der Waals surface area contributed by atoms with Gasteiger partial charge in [-0.25, -0.2) is 0 Å². The van der Waals surface area contributed by atoms with Gasteiger partial charge in [0.1, 0.15) is 11.5 Å². The van der Waals surface area contributed by atoms with Crippen molar-refractivity contribution in [1.29, 1.82) is 0 Å². The molecule has 1 saturated heterocycles. The highest BCUT2D eigenvalue weighted by atomic mass is 16.5. The summed E-state index contributed by atoms with van der Waals surface area (Å²) in [6.07, 6.45) is 2.26. The molecule has 25 heavy (non-hydrogen) atoms. The quantitative estimate of drug-likeness (QED) is 0.855. The second-order valence-corrected chi connectivity index (χ2v) is 7.25. The number of aromatic nitrogens is 1. The number of nitrogens with zero attached hydrogens (tertiary/aromatic N) is 3. The van der Waals surface area contributed by atoms with E-state index in [-0.39, 0.29) is 0 Å². The highest BCUT2D eigenvalue weighted by Crippen LogP contribution is 2.26. The lowest BCUT2D eigenvalue weighted by molar-refractivity contribution is 0.246. The molecule has 2 aromatic rings. The summed E-state index contributed by atoms with van der Waals surface area (Å²) in [5, 5.41) is 4.08. The molecule has 1 aromatic heterocycles. The Hall–Kier alpha value is -1.85. The van der Waals surface area contributed by atoms with Crippen LogP contribution >= 0.6 is 0 Å². The standard InChI is InChI=1S/C20H27N3O2/c1-15-19(16(2)25-21-15)14-23-8-3-7-22(9-10-23)13-17-4-5-20-18(12-17)6-11-24-20/h4-5,12H,3,6-11,13-14H2,1-2H3. The number of hydrogen-bond acceptors (Lipinski definition) is 5. The Morgan fingerprint density at radius 2 is 1.84 bits per heavy atom. The molecule has 4 rings (SSSR count). The molecule has 1 aromatic carbocycles. The van der Waals surface area contributed by atoms with Crippen molar-refractivity contribution in [3.05, 3.63) is 46.3 Å². The summed E-state index contributed by atoms with van der Waals surface area (Å²) >= 11 is 0. The van der Waals surface area contributed by atoms with E-state index in [0.717, 1.165) is 69.5 Å². The molecule has 0 bridgehead atoms. The van der Waals surface area contributed by atoms with Crippen LogP contribution in [0.1, 0.15) is 34.6 Å². The van der Waals surface area contributed by atoms with Crippen LogP contribution in [0, 0.1) is 13.8 Å². The van der Waals surface area contributed by atoms with Gasteiger partial charge in [-0.15, -0.1) is 0 Å². The van der Waals surface area contributed by atoms with E-state index in [0.29, 0.717) is 0 Å². The molecular weight excluding hydrogens is 314 g/mol. The van der Waals surface area contributed by atoms with E-state index in [1.54, 1.807) is 0 Å². The number of aryl methyl sites for hydroxylation is 2. The van der Waals surface area contributed by atoms with Crippen LogP contribution in [0.15, 0.2) is 22.7 Å². The Kier molecular flexibility index (Phi) is 4.77. The molecule has 0 atom stereocenters. The number of benzene rings is 1. The first-order valence-corrected chi connectivity index (χ1v) is 9.30. The van der Waals surface area contributed by atoms with Gasteiger partial charge in [0.25, 0.3) is 0 Å². The topological polar surface area (TPSA) is 41.7 Å². The first-order chi connectivity index (χ1) is 12.2. The van der Waals surface area contributed by atoms with Crippen LogP contribution in [0.4, 0.5) is 0 Å². The van der Waals surface area contributed by atoms with Crippen LogP contribution in [0.5, 0.6) is 5.75 Å². The molecule has 0 unspecified atom stereocenters. The monoisotopic (exact) mass is 341 g/mol. The summed E-state index contributed by atoms with van der Waals surface area (Å²) in [6, 6.07) is 6.69. The molecule has 0 N–H and O–H groups in total. The van der Waals surface area contributed by atoms with Crippen molar-refractivity contribution in [1.82, 2.24) is 15.0 Å². The molecule has 0 aliphatic carbocycles.